The minimum atomic E-state index is -0.260. The van der Waals surface area contributed by atoms with E-state index in [-0.39, 0.29) is 24.2 Å². The standard InChI is InChI=1S/C13H19N5O2/c1-2-3-8(5-7-19)16-11-10-9(17-13(14)18-11)4-6-15-12(10)20/h4,6,8,19H,2-3,5,7H2,1H3,(H,15,20)(H3,14,16,17,18)/t8-/m0/s1. The quantitative estimate of drug-likeness (QED) is 0.622. The van der Waals surface area contributed by atoms with Crippen molar-refractivity contribution in [3.63, 3.8) is 0 Å². The molecule has 0 aromatic carbocycles. The van der Waals surface area contributed by atoms with Crippen molar-refractivity contribution in [2.45, 2.75) is 32.2 Å². The van der Waals surface area contributed by atoms with Gasteiger partial charge < -0.3 is 21.1 Å². The summed E-state index contributed by atoms with van der Waals surface area (Å²) >= 11 is 0. The predicted molar refractivity (Wildman–Crippen MR) is 78.6 cm³/mol. The molecule has 5 N–H and O–H groups in total. The first-order valence-corrected chi connectivity index (χ1v) is 6.68. The van der Waals surface area contributed by atoms with Crippen LogP contribution in [0.4, 0.5) is 11.8 Å². The van der Waals surface area contributed by atoms with Gasteiger partial charge >= 0.3 is 0 Å². The monoisotopic (exact) mass is 277 g/mol. The lowest BCUT2D eigenvalue weighted by Gasteiger charge is -2.18. The Kier molecular flexibility index (Phi) is 4.52. The Morgan fingerprint density at radius 1 is 1.45 bits per heavy atom. The van der Waals surface area contributed by atoms with E-state index in [0.717, 1.165) is 12.8 Å². The van der Waals surface area contributed by atoms with Gasteiger partial charge in [0.2, 0.25) is 5.95 Å². The number of aromatic nitrogens is 3. The first-order chi connectivity index (χ1) is 9.65. The number of pyridine rings is 1. The number of aromatic amines is 1. The zero-order chi connectivity index (χ0) is 14.5. The van der Waals surface area contributed by atoms with Crippen LogP contribution in [0.1, 0.15) is 26.2 Å². The summed E-state index contributed by atoms with van der Waals surface area (Å²) in [5.41, 5.74) is 5.92. The van der Waals surface area contributed by atoms with Crippen LogP contribution in [0, 0.1) is 0 Å². The molecule has 0 aliphatic rings. The number of hydrogen-bond donors (Lipinski definition) is 4. The van der Waals surface area contributed by atoms with E-state index in [2.05, 4.69) is 27.2 Å². The summed E-state index contributed by atoms with van der Waals surface area (Å²) in [5, 5.41) is 12.7. The first-order valence-electron chi connectivity index (χ1n) is 6.68. The molecule has 2 heterocycles. The number of aliphatic hydroxyl groups is 1. The van der Waals surface area contributed by atoms with E-state index in [1.54, 1.807) is 6.07 Å². The van der Waals surface area contributed by atoms with E-state index in [4.69, 9.17) is 10.8 Å². The Morgan fingerprint density at radius 3 is 2.95 bits per heavy atom. The fourth-order valence-electron chi connectivity index (χ4n) is 2.20. The van der Waals surface area contributed by atoms with Gasteiger partial charge in [-0.1, -0.05) is 13.3 Å². The molecule has 0 aliphatic heterocycles. The van der Waals surface area contributed by atoms with Crippen LogP contribution < -0.4 is 16.6 Å². The summed E-state index contributed by atoms with van der Waals surface area (Å²) < 4.78 is 0. The van der Waals surface area contributed by atoms with Crippen molar-refractivity contribution in [3.05, 3.63) is 22.6 Å². The number of aliphatic hydroxyl groups excluding tert-OH is 1. The zero-order valence-electron chi connectivity index (χ0n) is 11.4. The van der Waals surface area contributed by atoms with Gasteiger partial charge in [0.1, 0.15) is 11.2 Å². The largest absolute Gasteiger partial charge is 0.396 e. The van der Waals surface area contributed by atoms with Gasteiger partial charge in [-0.15, -0.1) is 0 Å². The lowest BCUT2D eigenvalue weighted by molar-refractivity contribution is 0.276. The molecule has 20 heavy (non-hydrogen) atoms. The number of nitrogens with zero attached hydrogens (tertiary/aromatic N) is 2. The molecule has 1 atom stereocenters. The average molecular weight is 277 g/mol. The van der Waals surface area contributed by atoms with E-state index < -0.39 is 0 Å². The van der Waals surface area contributed by atoms with Crippen molar-refractivity contribution in [2.75, 3.05) is 17.7 Å². The maximum Gasteiger partial charge on any atom is 0.261 e. The maximum atomic E-state index is 11.9. The summed E-state index contributed by atoms with van der Waals surface area (Å²) in [4.78, 5) is 22.7. The van der Waals surface area contributed by atoms with Crippen LogP contribution in [0.2, 0.25) is 0 Å². The lowest BCUT2D eigenvalue weighted by Crippen LogP contribution is -2.23. The molecule has 0 unspecified atom stereocenters. The highest BCUT2D eigenvalue weighted by Crippen LogP contribution is 2.19. The van der Waals surface area contributed by atoms with Crippen molar-refractivity contribution in [1.29, 1.82) is 0 Å². The molecule has 108 valence electrons. The molecule has 7 heteroatoms. The van der Waals surface area contributed by atoms with E-state index in [1.165, 1.54) is 6.20 Å². The number of nitrogens with two attached hydrogens (primary N) is 1. The van der Waals surface area contributed by atoms with Crippen LogP contribution in [-0.4, -0.2) is 32.7 Å². The van der Waals surface area contributed by atoms with Gasteiger partial charge in [-0.2, -0.15) is 4.98 Å². The molecule has 0 spiro atoms. The Labute approximate surface area is 116 Å². The molecule has 0 bridgehead atoms. The van der Waals surface area contributed by atoms with Crippen molar-refractivity contribution in [2.24, 2.45) is 0 Å². The second-order valence-corrected chi connectivity index (χ2v) is 4.64. The zero-order valence-corrected chi connectivity index (χ0v) is 11.4. The minimum Gasteiger partial charge on any atom is -0.396 e. The number of H-pyrrole nitrogens is 1. The van der Waals surface area contributed by atoms with Crippen LogP contribution in [-0.2, 0) is 0 Å². The third-order valence-corrected chi connectivity index (χ3v) is 3.09. The van der Waals surface area contributed by atoms with E-state index >= 15 is 0 Å². The van der Waals surface area contributed by atoms with Crippen LogP contribution >= 0.6 is 0 Å². The molecule has 2 rings (SSSR count). The van der Waals surface area contributed by atoms with Crippen LogP contribution in [0.15, 0.2) is 17.1 Å². The topological polar surface area (TPSA) is 117 Å². The van der Waals surface area contributed by atoms with Crippen molar-refractivity contribution < 1.29 is 5.11 Å². The molecule has 0 fully saturated rings. The van der Waals surface area contributed by atoms with Gasteiger partial charge in [-0.3, -0.25) is 4.79 Å². The highest BCUT2D eigenvalue weighted by atomic mass is 16.3. The third-order valence-electron chi connectivity index (χ3n) is 3.09. The molecule has 0 aliphatic carbocycles. The summed E-state index contributed by atoms with van der Waals surface area (Å²) in [6, 6.07) is 1.72. The normalized spacial score (nSPS) is 12.5. The van der Waals surface area contributed by atoms with Crippen LogP contribution in [0.5, 0.6) is 0 Å². The Morgan fingerprint density at radius 2 is 2.25 bits per heavy atom. The van der Waals surface area contributed by atoms with Crippen molar-refractivity contribution in [3.8, 4) is 0 Å². The van der Waals surface area contributed by atoms with Gasteiger partial charge in [0, 0.05) is 18.8 Å². The minimum absolute atomic E-state index is 0.0436. The molecular weight excluding hydrogens is 258 g/mol. The van der Waals surface area contributed by atoms with Gasteiger partial charge in [0.25, 0.3) is 5.56 Å². The van der Waals surface area contributed by atoms with Gasteiger partial charge in [0.05, 0.1) is 5.52 Å². The SMILES string of the molecule is CCC[C@@H](CCO)Nc1nc(N)nc2cc[nH]c(=O)c12. The summed E-state index contributed by atoms with van der Waals surface area (Å²) in [6.45, 7) is 2.14. The number of rotatable bonds is 6. The molecule has 7 nitrogen and oxygen atoms in total. The van der Waals surface area contributed by atoms with E-state index in [9.17, 15) is 4.79 Å². The molecule has 0 amide bonds. The number of anilines is 2. The van der Waals surface area contributed by atoms with E-state index in [0.29, 0.717) is 23.1 Å². The van der Waals surface area contributed by atoms with Gasteiger partial charge in [0.15, 0.2) is 0 Å². The predicted octanol–water partition coefficient (Wildman–Crippen LogP) is 0.863. The third kappa shape index (κ3) is 3.05. The van der Waals surface area contributed by atoms with Gasteiger partial charge in [-0.05, 0) is 18.9 Å². The summed E-state index contributed by atoms with van der Waals surface area (Å²) in [5.74, 6) is 0.533. The number of nitrogen functional groups attached to an aromatic ring is 1. The Bertz CT molecular complexity index is 634. The smallest absolute Gasteiger partial charge is 0.261 e. The maximum absolute atomic E-state index is 11.9. The first kappa shape index (κ1) is 14.3. The molecule has 2 aromatic rings. The highest BCUT2D eigenvalue weighted by molar-refractivity contribution is 5.88. The fraction of sp³-hybridized carbons (Fsp3) is 0.462. The van der Waals surface area contributed by atoms with Crippen LogP contribution in [0.25, 0.3) is 10.9 Å². The number of hydrogen-bond acceptors (Lipinski definition) is 6. The Hall–Kier alpha value is -2.15. The fourth-order valence-corrected chi connectivity index (χ4v) is 2.20. The highest BCUT2D eigenvalue weighted by Gasteiger charge is 2.14. The lowest BCUT2D eigenvalue weighted by atomic mass is 10.1. The second-order valence-electron chi connectivity index (χ2n) is 4.64. The number of fused-ring (bicyclic) bond motifs is 1. The van der Waals surface area contributed by atoms with E-state index in [1.807, 2.05) is 0 Å². The van der Waals surface area contributed by atoms with Gasteiger partial charge in [-0.25, -0.2) is 4.98 Å². The molecule has 0 saturated carbocycles. The molecule has 0 radical (unpaired) electrons. The van der Waals surface area contributed by atoms with Crippen LogP contribution in [0.3, 0.4) is 0 Å². The Balaban J connectivity index is 2.44. The van der Waals surface area contributed by atoms with Crippen molar-refractivity contribution >= 4 is 22.7 Å². The summed E-state index contributed by atoms with van der Waals surface area (Å²) in [7, 11) is 0. The average Bonchev–Trinajstić information content (AvgIpc) is 2.38. The molecule has 2 aromatic heterocycles. The van der Waals surface area contributed by atoms with Crippen molar-refractivity contribution in [1.82, 2.24) is 15.0 Å². The summed E-state index contributed by atoms with van der Waals surface area (Å²) in [6.07, 6.45) is 3.95. The molecule has 0 saturated heterocycles. The molecular formula is C13H19N5O2. The number of nitrogens with one attached hydrogen (secondary N) is 2. The second kappa shape index (κ2) is 6.33.